The minimum Gasteiger partial charge on any atom is -0.507 e. The van der Waals surface area contributed by atoms with Crippen LogP contribution in [0, 0.1) is 6.07 Å². The van der Waals surface area contributed by atoms with Crippen LogP contribution in [-0.4, -0.2) is 5.11 Å². The zero-order valence-electron chi connectivity index (χ0n) is 7.18. The van der Waals surface area contributed by atoms with E-state index in [0.717, 1.165) is 5.56 Å². The van der Waals surface area contributed by atoms with Crippen molar-refractivity contribution in [2.45, 2.75) is 26.2 Å². The van der Waals surface area contributed by atoms with Gasteiger partial charge < -0.3 is 5.11 Å². The lowest BCUT2D eigenvalue weighted by Gasteiger charge is -2.18. The fourth-order valence-corrected chi connectivity index (χ4v) is 0.920. The monoisotopic (exact) mass is 149 g/mol. The molecule has 59 valence electrons. The summed E-state index contributed by atoms with van der Waals surface area (Å²) in [5.74, 6) is 0.220. The SMILES string of the molecule is CC(C)(C)c1cc[c]c(O)c1. The summed E-state index contributed by atoms with van der Waals surface area (Å²) in [4.78, 5) is 0. The molecule has 1 N–H and O–H groups in total. The van der Waals surface area contributed by atoms with Gasteiger partial charge in [-0.1, -0.05) is 32.9 Å². The molecule has 0 atom stereocenters. The average Bonchev–Trinajstić information content (AvgIpc) is 1.86. The van der Waals surface area contributed by atoms with Crippen molar-refractivity contribution in [2.75, 3.05) is 0 Å². The number of benzene rings is 1. The highest BCUT2D eigenvalue weighted by Crippen LogP contribution is 2.24. The topological polar surface area (TPSA) is 20.2 Å². The molecule has 1 heteroatoms. The van der Waals surface area contributed by atoms with Gasteiger partial charge in [0.15, 0.2) is 0 Å². The van der Waals surface area contributed by atoms with Gasteiger partial charge in [-0.3, -0.25) is 0 Å². The van der Waals surface area contributed by atoms with E-state index in [9.17, 15) is 0 Å². The fourth-order valence-electron chi connectivity index (χ4n) is 0.920. The van der Waals surface area contributed by atoms with Crippen molar-refractivity contribution in [2.24, 2.45) is 0 Å². The summed E-state index contributed by atoms with van der Waals surface area (Å²) in [7, 11) is 0. The molecule has 0 aliphatic rings. The van der Waals surface area contributed by atoms with Gasteiger partial charge >= 0.3 is 0 Å². The Morgan fingerprint density at radius 3 is 2.36 bits per heavy atom. The summed E-state index contributed by atoms with van der Waals surface area (Å²) >= 11 is 0. The quantitative estimate of drug-likeness (QED) is 0.600. The molecule has 0 bridgehead atoms. The van der Waals surface area contributed by atoms with Crippen molar-refractivity contribution in [1.82, 2.24) is 0 Å². The molecule has 0 aromatic heterocycles. The molecule has 1 aromatic rings. The van der Waals surface area contributed by atoms with Crippen LogP contribution in [0.2, 0.25) is 0 Å². The van der Waals surface area contributed by atoms with Crippen LogP contribution >= 0.6 is 0 Å². The highest BCUT2D eigenvalue weighted by Gasteiger charge is 2.12. The smallest absolute Gasteiger partial charge is 0.123 e. The Hall–Kier alpha value is -0.980. The van der Waals surface area contributed by atoms with Gasteiger partial charge in [0.05, 0.1) is 0 Å². The van der Waals surface area contributed by atoms with Crippen LogP contribution in [0.3, 0.4) is 0 Å². The second-order valence-corrected chi connectivity index (χ2v) is 3.71. The molecular formula is C10H13O. The number of phenolic OH excluding ortho intramolecular Hbond substituents is 1. The first-order valence-corrected chi connectivity index (χ1v) is 3.71. The molecule has 0 saturated heterocycles. The molecule has 0 unspecified atom stereocenters. The zero-order valence-corrected chi connectivity index (χ0v) is 7.18. The van der Waals surface area contributed by atoms with Crippen LogP contribution in [0.4, 0.5) is 0 Å². The van der Waals surface area contributed by atoms with Crippen molar-refractivity contribution in [1.29, 1.82) is 0 Å². The van der Waals surface area contributed by atoms with E-state index >= 15 is 0 Å². The van der Waals surface area contributed by atoms with Gasteiger partial charge in [0, 0.05) is 6.07 Å². The van der Waals surface area contributed by atoms with E-state index in [-0.39, 0.29) is 11.2 Å². The van der Waals surface area contributed by atoms with Crippen LogP contribution < -0.4 is 0 Å². The molecule has 0 aliphatic heterocycles. The van der Waals surface area contributed by atoms with Crippen LogP contribution in [0.5, 0.6) is 5.75 Å². The molecule has 0 aliphatic carbocycles. The summed E-state index contributed by atoms with van der Waals surface area (Å²) in [6.07, 6.45) is 0. The molecule has 0 amide bonds. The Bertz CT molecular complexity index is 245. The summed E-state index contributed by atoms with van der Waals surface area (Å²) in [5.41, 5.74) is 1.24. The van der Waals surface area contributed by atoms with Crippen molar-refractivity contribution in [3.8, 4) is 5.75 Å². The van der Waals surface area contributed by atoms with Gasteiger partial charge in [-0.25, -0.2) is 0 Å². The number of hydrogen-bond donors (Lipinski definition) is 1. The first kappa shape index (κ1) is 8.12. The Morgan fingerprint density at radius 1 is 1.36 bits per heavy atom. The molecule has 1 rings (SSSR count). The standard InChI is InChI=1S/C10H13O/c1-10(2,3)8-5-4-6-9(11)7-8/h4-5,7,11H,1-3H3. The van der Waals surface area contributed by atoms with E-state index in [1.54, 1.807) is 12.1 Å². The van der Waals surface area contributed by atoms with E-state index < -0.39 is 0 Å². The molecular weight excluding hydrogens is 136 g/mol. The Labute approximate surface area is 67.7 Å². The van der Waals surface area contributed by atoms with E-state index in [0.29, 0.717) is 0 Å². The molecule has 0 heterocycles. The molecule has 1 nitrogen and oxygen atoms in total. The Kier molecular flexibility index (Phi) is 1.90. The highest BCUT2D eigenvalue weighted by molar-refractivity contribution is 5.30. The first-order valence-electron chi connectivity index (χ1n) is 3.71. The first-order chi connectivity index (χ1) is 5.00. The van der Waals surface area contributed by atoms with Gasteiger partial charge in [-0.15, -0.1) is 0 Å². The lowest BCUT2D eigenvalue weighted by Crippen LogP contribution is -2.10. The van der Waals surface area contributed by atoms with Crippen LogP contribution in [0.25, 0.3) is 0 Å². The van der Waals surface area contributed by atoms with Gasteiger partial charge in [0.2, 0.25) is 0 Å². The van der Waals surface area contributed by atoms with Crippen LogP contribution in [0.15, 0.2) is 18.2 Å². The van der Waals surface area contributed by atoms with E-state index in [4.69, 9.17) is 5.11 Å². The minimum atomic E-state index is 0.104. The minimum absolute atomic E-state index is 0.104. The van der Waals surface area contributed by atoms with Gasteiger partial charge in [-0.2, -0.15) is 0 Å². The number of phenols is 1. The third kappa shape index (κ3) is 1.97. The predicted molar refractivity (Wildman–Crippen MR) is 45.6 cm³/mol. The Morgan fingerprint density at radius 2 is 2.00 bits per heavy atom. The largest absolute Gasteiger partial charge is 0.507 e. The molecule has 1 aromatic carbocycles. The van der Waals surface area contributed by atoms with Crippen LogP contribution in [-0.2, 0) is 5.41 Å². The Balaban J connectivity index is 3.06. The zero-order chi connectivity index (χ0) is 8.48. The summed E-state index contributed by atoms with van der Waals surface area (Å²) < 4.78 is 0. The number of rotatable bonds is 0. The van der Waals surface area contributed by atoms with Crippen LogP contribution in [0.1, 0.15) is 26.3 Å². The van der Waals surface area contributed by atoms with Crippen molar-refractivity contribution in [3.05, 3.63) is 29.8 Å². The van der Waals surface area contributed by atoms with Gasteiger partial charge in [0.25, 0.3) is 0 Å². The third-order valence-corrected chi connectivity index (χ3v) is 1.65. The molecule has 0 spiro atoms. The van der Waals surface area contributed by atoms with Crippen molar-refractivity contribution in [3.63, 3.8) is 0 Å². The maximum atomic E-state index is 9.12. The van der Waals surface area contributed by atoms with Gasteiger partial charge in [0.1, 0.15) is 5.75 Å². The molecule has 1 radical (unpaired) electrons. The number of aromatic hydroxyl groups is 1. The summed E-state index contributed by atoms with van der Waals surface area (Å²) in [5, 5.41) is 9.12. The molecule has 0 fully saturated rings. The summed E-state index contributed by atoms with van der Waals surface area (Å²) in [6, 6.07) is 8.17. The second kappa shape index (κ2) is 2.57. The van der Waals surface area contributed by atoms with E-state index in [1.165, 1.54) is 0 Å². The third-order valence-electron chi connectivity index (χ3n) is 1.65. The molecule has 0 saturated carbocycles. The van der Waals surface area contributed by atoms with Gasteiger partial charge in [-0.05, 0) is 17.0 Å². The normalized spacial score (nSPS) is 11.5. The van der Waals surface area contributed by atoms with Crippen molar-refractivity contribution >= 4 is 0 Å². The lowest BCUT2D eigenvalue weighted by molar-refractivity contribution is 0.470. The van der Waals surface area contributed by atoms with E-state index in [2.05, 4.69) is 26.8 Å². The second-order valence-electron chi connectivity index (χ2n) is 3.71. The van der Waals surface area contributed by atoms with E-state index in [1.807, 2.05) is 6.07 Å². The predicted octanol–water partition coefficient (Wildman–Crippen LogP) is 2.49. The highest BCUT2D eigenvalue weighted by atomic mass is 16.3. The van der Waals surface area contributed by atoms with Crippen molar-refractivity contribution < 1.29 is 5.11 Å². The average molecular weight is 149 g/mol. The lowest BCUT2D eigenvalue weighted by atomic mass is 9.87. The maximum absolute atomic E-state index is 9.12. The maximum Gasteiger partial charge on any atom is 0.123 e. The fraction of sp³-hybridized carbons (Fsp3) is 0.400. The number of hydrogen-bond acceptors (Lipinski definition) is 1. The molecule has 11 heavy (non-hydrogen) atoms. The summed E-state index contributed by atoms with van der Waals surface area (Å²) in [6.45, 7) is 6.34.